The number of carbonyl (C=O) groups excluding carboxylic acids is 2. The van der Waals surface area contributed by atoms with Crippen LogP contribution in [0.5, 0.6) is 5.75 Å². The molecule has 38 heavy (non-hydrogen) atoms. The Kier molecular flexibility index (Phi) is 7.63. The summed E-state index contributed by atoms with van der Waals surface area (Å²) in [7, 11) is 1.52. The number of aromatic nitrogens is 2. The van der Waals surface area contributed by atoms with Crippen molar-refractivity contribution in [3.8, 4) is 5.75 Å². The summed E-state index contributed by atoms with van der Waals surface area (Å²) in [6, 6.07) is 7.61. The van der Waals surface area contributed by atoms with Crippen LogP contribution in [-0.4, -0.2) is 28.7 Å². The van der Waals surface area contributed by atoms with Crippen molar-refractivity contribution in [1.82, 2.24) is 15.1 Å². The lowest BCUT2D eigenvalue weighted by Gasteiger charge is -2.15. The summed E-state index contributed by atoms with van der Waals surface area (Å²) in [5, 5.41) is 9.39. The molecule has 0 atom stereocenters. The van der Waals surface area contributed by atoms with Gasteiger partial charge in [-0.15, -0.1) is 0 Å². The molecule has 0 aliphatic carbocycles. The van der Waals surface area contributed by atoms with Gasteiger partial charge in [-0.05, 0) is 35.9 Å². The molecule has 0 fully saturated rings. The normalized spacial score (nSPS) is 13.2. The predicted molar refractivity (Wildman–Crippen MR) is 126 cm³/mol. The lowest BCUT2D eigenvalue weighted by molar-refractivity contribution is -0.143. The Morgan fingerprint density at radius 3 is 2.21 bits per heavy atom. The molecule has 2 N–H and O–H groups in total. The number of nitrogens with one attached hydrogen (secondary N) is 2. The van der Waals surface area contributed by atoms with Crippen LogP contribution in [0.25, 0.3) is 0 Å². The molecule has 0 unspecified atom stereocenters. The van der Waals surface area contributed by atoms with Crippen LogP contribution < -0.4 is 15.4 Å². The third-order valence-electron chi connectivity index (χ3n) is 5.64. The van der Waals surface area contributed by atoms with Gasteiger partial charge in [0.2, 0.25) is 5.91 Å². The van der Waals surface area contributed by atoms with Gasteiger partial charge in [0.05, 0.1) is 23.9 Å². The summed E-state index contributed by atoms with van der Waals surface area (Å²) in [4.78, 5) is 25.5. The first-order valence-electron chi connectivity index (χ1n) is 11.0. The molecule has 1 aliphatic heterocycles. The van der Waals surface area contributed by atoms with E-state index in [1.165, 1.54) is 23.6 Å². The molecule has 2 amide bonds. The average molecular weight is 559 g/mol. The molecular weight excluding hydrogens is 538 g/mol. The molecule has 3 aromatic rings. The molecule has 4 rings (SSSR count). The van der Waals surface area contributed by atoms with E-state index in [4.69, 9.17) is 4.74 Å². The number of methoxy groups -OCH3 is 1. The van der Waals surface area contributed by atoms with Crippen molar-refractivity contribution in [2.75, 3.05) is 12.4 Å². The SMILES string of the molecule is COc1ccc(CNC(=O)Cn2nc3c(c2NC(=O)c2cc(C(F)(F)F)cc(C(F)(F)F)c2)CSC3)cc1. The van der Waals surface area contributed by atoms with Crippen molar-refractivity contribution in [3.63, 3.8) is 0 Å². The highest BCUT2D eigenvalue weighted by Gasteiger charge is 2.38. The van der Waals surface area contributed by atoms with Crippen molar-refractivity contribution in [2.24, 2.45) is 0 Å². The molecule has 1 aromatic heterocycles. The van der Waals surface area contributed by atoms with Crippen LogP contribution in [0.4, 0.5) is 32.2 Å². The number of halogens is 6. The van der Waals surface area contributed by atoms with Crippen LogP contribution in [0.3, 0.4) is 0 Å². The minimum absolute atomic E-state index is 0.0422. The molecule has 7 nitrogen and oxygen atoms in total. The highest BCUT2D eigenvalue weighted by Crippen LogP contribution is 2.38. The van der Waals surface area contributed by atoms with E-state index >= 15 is 0 Å². The van der Waals surface area contributed by atoms with Gasteiger partial charge >= 0.3 is 12.4 Å². The number of rotatable bonds is 7. The standard InChI is InChI=1S/C24H20F6N4O3S/c1-37-17-4-2-13(3-5-17)9-31-20(35)10-34-21(18-11-38-12-19(18)33-34)32-22(36)14-6-15(23(25,26)27)8-16(7-14)24(28,29)30/h2-8H,9-12H2,1H3,(H,31,35)(H,32,36). The first-order valence-corrected chi connectivity index (χ1v) is 12.2. The van der Waals surface area contributed by atoms with Crippen molar-refractivity contribution >= 4 is 29.4 Å². The maximum Gasteiger partial charge on any atom is 0.416 e. The van der Waals surface area contributed by atoms with Gasteiger partial charge in [-0.1, -0.05) is 12.1 Å². The quantitative estimate of drug-likeness (QED) is 0.388. The monoisotopic (exact) mass is 558 g/mol. The second-order valence-corrected chi connectivity index (χ2v) is 9.28. The van der Waals surface area contributed by atoms with Crippen LogP contribution in [0.1, 0.15) is 38.3 Å². The molecule has 1 aliphatic rings. The summed E-state index contributed by atoms with van der Waals surface area (Å²) in [5.41, 5.74) is -2.14. The highest BCUT2D eigenvalue weighted by atomic mass is 32.2. The zero-order valence-corrected chi connectivity index (χ0v) is 20.5. The number of hydrogen-bond donors (Lipinski definition) is 2. The zero-order chi connectivity index (χ0) is 27.7. The molecule has 14 heteroatoms. The van der Waals surface area contributed by atoms with Gasteiger partial charge in [-0.3, -0.25) is 9.59 Å². The molecular formula is C24H20F6N4O3S. The lowest BCUT2D eigenvalue weighted by atomic mass is 10.0. The number of anilines is 1. The summed E-state index contributed by atoms with van der Waals surface area (Å²) in [6.07, 6.45) is -10.2. The van der Waals surface area contributed by atoms with Gasteiger partial charge in [-0.25, -0.2) is 4.68 Å². The van der Waals surface area contributed by atoms with E-state index in [-0.39, 0.29) is 25.0 Å². The second kappa shape index (κ2) is 10.6. The topological polar surface area (TPSA) is 85.2 Å². The van der Waals surface area contributed by atoms with Gasteiger partial charge in [0.15, 0.2) is 0 Å². The number of carbonyl (C=O) groups is 2. The van der Waals surface area contributed by atoms with E-state index in [1.807, 2.05) is 0 Å². The first kappa shape index (κ1) is 27.4. The fourth-order valence-corrected chi connectivity index (χ4v) is 4.76. The number of thioether (sulfide) groups is 1. The fraction of sp³-hybridized carbons (Fsp3) is 0.292. The van der Waals surface area contributed by atoms with Crippen molar-refractivity contribution < 1.29 is 40.7 Å². The van der Waals surface area contributed by atoms with Gasteiger partial charge in [0.25, 0.3) is 5.91 Å². The molecule has 0 bridgehead atoms. The maximum atomic E-state index is 13.2. The van der Waals surface area contributed by atoms with E-state index in [9.17, 15) is 35.9 Å². The Hall–Kier alpha value is -3.68. The van der Waals surface area contributed by atoms with Gasteiger partial charge in [-0.2, -0.15) is 43.2 Å². The number of amides is 2. The molecule has 2 heterocycles. The van der Waals surface area contributed by atoms with Crippen LogP contribution in [-0.2, 0) is 41.7 Å². The Morgan fingerprint density at radius 2 is 1.63 bits per heavy atom. The summed E-state index contributed by atoms with van der Waals surface area (Å²) >= 11 is 1.46. The minimum atomic E-state index is -5.10. The maximum absolute atomic E-state index is 13.2. The third-order valence-corrected chi connectivity index (χ3v) is 6.61. The summed E-state index contributed by atoms with van der Waals surface area (Å²) in [5.74, 6) is -0.104. The van der Waals surface area contributed by atoms with Crippen LogP contribution in [0.15, 0.2) is 42.5 Å². The molecule has 0 saturated carbocycles. The van der Waals surface area contributed by atoms with Crippen molar-refractivity contribution in [3.05, 3.63) is 76.0 Å². The fourth-order valence-electron chi connectivity index (χ4n) is 3.72. The number of benzene rings is 2. The van der Waals surface area contributed by atoms with Gasteiger partial charge < -0.3 is 15.4 Å². The number of hydrogen-bond acceptors (Lipinski definition) is 5. The molecule has 202 valence electrons. The number of nitrogens with zero attached hydrogens (tertiary/aromatic N) is 2. The number of fused-ring (bicyclic) bond motifs is 1. The average Bonchev–Trinajstić information content (AvgIpc) is 3.44. The zero-order valence-electron chi connectivity index (χ0n) is 19.7. The minimum Gasteiger partial charge on any atom is -0.497 e. The Labute approximate surface area is 216 Å². The lowest BCUT2D eigenvalue weighted by Crippen LogP contribution is -2.29. The van der Waals surface area contributed by atoms with E-state index in [0.717, 1.165) is 5.56 Å². The van der Waals surface area contributed by atoms with Crippen molar-refractivity contribution in [1.29, 1.82) is 0 Å². The van der Waals surface area contributed by atoms with Crippen LogP contribution in [0.2, 0.25) is 0 Å². The molecule has 0 radical (unpaired) electrons. The highest BCUT2D eigenvalue weighted by molar-refractivity contribution is 7.98. The number of alkyl halides is 6. The Balaban J connectivity index is 1.55. The molecule has 0 spiro atoms. The molecule has 0 saturated heterocycles. The predicted octanol–water partition coefficient (Wildman–Crippen LogP) is 5.24. The van der Waals surface area contributed by atoms with Crippen molar-refractivity contribution in [2.45, 2.75) is 36.9 Å². The van der Waals surface area contributed by atoms with Crippen LogP contribution in [0, 0.1) is 0 Å². The summed E-state index contributed by atoms with van der Waals surface area (Å²) in [6.45, 7) is -0.147. The van der Waals surface area contributed by atoms with Gasteiger partial charge in [0, 0.05) is 29.2 Å². The third kappa shape index (κ3) is 6.23. The smallest absolute Gasteiger partial charge is 0.416 e. The Bertz CT molecular complexity index is 1320. The first-order chi connectivity index (χ1) is 17.8. The van der Waals surface area contributed by atoms with Gasteiger partial charge in [0.1, 0.15) is 18.1 Å². The van der Waals surface area contributed by atoms with E-state index < -0.39 is 40.9 Å². The summed E-state index contributed by atoms with van der Waals surface area (Å²) < 4.78 is 85.6. The Morgan fingerprint density at radius 1 is 1.00 bits per heavy atom. The molecule has 2 aromatic carbocycles. The van der Waals surface area contributed by atoms with E-state index in [1.54, 1.807) is 24.3 Å². The second-order valence-electron chi connectivity index (χ2n) is 8.30. The van der Waals surface area contributed by atoms with Crippen LogP contribution >= 0.6 is 11.8 Å². The van der Waals surface area contributed by atoms with E-state index in [0.29, 0.717) is 40.6 Å². The largest absolute Gasteiger partial charge is 0.497 e. The number of ether oxygens (including phenoxy) is 1. The van der Waals surface area contributed by atoms with E-state index in [2.05, 4.69) is 15.7 Å².